The van der Waals surface area contributed by atoms with Gasteiger partial charge in [-0.2, -0.15) is 9.90 Å². The van der Waals surface area contributed by atoms with Gasteiger partial charge in [0.05, 0.1) is 12.8 Å². The fourth-order valence-electron chi connectivity index (χ4n) is 2.89. The standard InChI is InChI=1S/C16H19N3O2/c1-21-16(20)15-14(12-8-4-2-5-9-12)17-19(18-15)13-10-6-3-7-11-13/h3,6-7,10-12H,2,4-5,8-9H2,1H3. The number of ether oxygens (including phenoxy) is 1. The number of hydrogen-bond donors (Lipinski definition) is 0. The molecule has 0 spiro atoms. The van der Waals surface area contributed by atoms with Gasteiger partial charge in [-0.05, 0) is 25.0 Å². The summed E-state index contributed by atoms with van der Waals surface area (Å²) in [6, 6.07) is 9.64. The first kappa shape index (κ1) is 13.8. The van der Waals surface area contributed by atoms with E-state index >= 15 is 0 Å². The van der Waals surface area contributed by atoms with Gasteiger partial charge in [-0.3, -0.25) is 0 Å². The number of aromatic nitrogens is 3. The van der Waals surface area contributed by atoms with Gasteiger partial charge in [0.25, 0.3) is 0 Å². The molecule has 2 aromatic rings. The summed E-state index contributed by atoms with van der Waals surface area (Å²) in [6.07, 6.45) is 5.76. The normalized spacial score (nSPS) is 15.9. The van der Waals surface area contributed by atoms with Gasteiger partial charge in [-0.15, -0.1) is 5.10 Å². The van der Waals surface area contributed by atoms with Gasteiger partial charge in [0, 0.05) is 5.92 Å². The highest BCUT2D eigenvalue weighted by Gasteiger charge is 2.27. The van der Waals surface area contributed by atoms with Crippen molar-refractivity contribution in [3.05, 3.63) is 41.7 Å². The van der Waals surface area contributed by atoms with Crippen molar-refractivity contribution in [2.45, 2.75) is 38.0 Å². The summed E-state index contributed by atoms with van der Waals surface area (Å²) < 4.78 is 4.86. The molecule has 1 heterocycles. The zero-order chi connectivity index (χ0) is 14.7. The van der Waals surface area contributed by atoms with Crippen LogP contribution in [0.25, 0.3) is 5.69 Å². The Balaban J connectivity index is 2.00. The van der Waals surface area contributed by atoms with E-state index in [0.29, 0.717) is 11.6 Å². The summed E-state index contributed by atoms with van der Waals surface area (Å²) in [7, 11) is 1.38. The molecule has 0 N–H and O–H groups in total. The van der Waals surface area contributed by atoms with Crippen LogP contribution in [0.15, 0.2) is 30.3 Å². The number of rotatable bonds is 3. The van der Waals surface area contributed by atoms with Crippen LogP contribution in [0.2, 0.25) is 0 Å². The molecular weight excluding hydrogens is 266 g/mol. The molecule has 0 aliphatic heterocycles. The Hall–Kier alpha value is -2.17. The predicted molar refractivity (Wildman–Crippen MR) is 78.5 cm³/mol. The monoisotopic (exact) mass is 285 g/mol. The Morgan fingerprint density at radius 2 is 1.86 bits per heavy atom. The number of carbonyl (C=O) groups is 1. The second-order valence-electron chi connectivity index (χ2n) is 5.39. The van der Waals surface area contributed by atoms with Crippen LogP contribution in [0.3, 0.4) is 0 Å². The van der Waals surface area contributed by atoms with Gasteiger partial charge in [-0.25, -0.2) is 4.79 Å². The number of benzene rings is 1. The number of methoxy groups -OCH3 is 1. The summed E-state index contributed by atoms with van der Waals surface area (Å²) in [5.74, 6) is -0.0944. The van der Waals surface area contributed by atoms with Crippen LogP contribution in [0.5, 0.6) is 0 Å². The molecule has 5 nitrogen and oxygen atoms in total. The summed E-state index contributed by atoms with van der Waals surface area (Å²) >= 11 is 0. The van der Waals surface area contributed by atoms with E-state index in [1.54, 1.807) is 0 Å². The molecule has 0 radical (unpaired) electrons. The van der Waals surface area contributed by atoms with Gasteiger partial charge in [-0.1, -0.05) is 37.5 Å². The molecular formula is C16H19N3O2. The smallest absolute Gasteiger partial charge is 0.360 e. The fourth-order valence-corrected chi connectivity index (χ4v) is 2.89. The third kappa shape index (κ3) is 2.82. The second-order valence-corrected chi connectivity index (χ2v) is 5.39. The molecule has 0 atom stereocenters. The van der Waals surface area contributed by atoms with Crippen molar-refractivity contribution in [3.63, 3.8) is 0 Å². The van der Waals surface area contributed by atoms with E-state index in [1.165, 1.54) is 31.2 Å². The topological polar surface area (TPSA) is 57.0 Å². The number of hydrogen-bond acceptors (Lipinski definition) is 4. The van der Waals surface area contributed by atoms with Gasteiger partial charge < -0.3 is 4.74 Å². The first-order valence-corrected chi connectivity index (χ1v) is 7.40. The van der Waals surface area contributed by atoms with Crippen LogP contribution in [0, 0.1) is 0 Å². The molecule has 21 heavy (non-hydrogen) atoms. The minimum absolute atomic E-state index is 0.310. The van der Waals surface area contributed by atoms with E-state index in [0.717, 1.165) is 24.2 Å². The van der Waals surface area contributed by atoms with Crippen LogP contribution in [-0.2, 0) is 4.74 Å². The summed E-state index contributed by atoms with van der Waals surface area (Å²) in [5, 5.41) is 8.94. The summed E-state index contributed by atoms with van der Waals surface area (Å²) in [5.41, 5.74) is 1.99. The molecule has 0 bridgehead atoms. The third-order valence-corrected chi connectivity index (χ3v) is 4.00. The Labute approximate surface area is 123 Å². The largest absolute Gasteiger partial charge is 0.464 e. The molecule has 1 saturated carbocycles. The van der Waals surface area contributed by atoms with Crippen molar-refractivity contribution in [3.8, 4) is 5.69 Å². The van der Waals surface area contributed by atoms with Gasteiger partial charge in [0.15, 0.2) is 5.69 Å². The Kier molecular flexibility index (Phi) is 3.99. The lowest BCUT2D eigenvalue weighted by atomic mass is 9.86. The van der Waals surface area contributed by atoms with Crippen LogP contribution in [0.4, 0.5) is 0 Å². The predicted octanol–water partition coefficient (Wildman–Crippen LogP) is 3.10. The Bertz CT molecular complexity index is 616. The lowest BCUT2D eigenvalue weighted by Gasteiger charge is -2.19. The summed E-state index contributed by atoms with van der Waals surface area (Å²) in [4.78, 5) is 13.5. The van der Waals surface area contributed by atoms with Crippen LogP contribution in [0.1, 0.15) is 54.2 Å². The molecule has 1 fully saturated rings. The molecule has 1 aliphatic carbocycles. The quantitative estimate of drug-likeness (QED) is 0.813. The molecule has 0 unspecified atom stereocenters. The van der Waals surface area contributed by atoms with Crippen LogP contribution in [-0.4, -0.2) is 28.1 Å². The van der Waals surface area contributed by atoms with E-state index in [2.05, 4.69) is 10.2 Å². The molecule has 1 aliphatic rings. The average molecular weight is 285 g/mol. The van der Waals surface area contributed by atoms with E-state index in [4.69, 9.17) is 4.74 Å². The second kappa shape index (κ2) is 6.08. The van der Waals surface area contributed by atoms with Crippen molar-refractivity contribution in [2.24, 2.45) is 0 Å². The molecule has 5 heteroatoms. The fraction of sp³-hybridized carbons (Fsp3) is 0.438. The number of para-hydroxylation sites is 1. The first-order valence-electron chi connectivity index (χ1n) is 7.40. The van der Waals surface area contributed by atoms with Gasteiger partial charge in [0.1, 0.15) is 5.69 Å². The van der Waals surface area contributed by atoms with Crippen LogP contribution >= 0.6 is 0 Å². The van der Waals surface area contributed by atoms with E-state index in [1.807, 2.05) is 30.3 Å². The molecule has 110 valence electrons. The minimum Gasteiger partial charge on any atom is -0.464 e. The maximum absolute atomic E-state index is 12.0. The molecule has 1 aromatic carbocycles. The minimum atomic E-state index is -0.405. The van der Waals surface area contributed by atoms with Crippen molar-refractivity contribution in [1.82, 2.24) is 15.0 Å². The highest BCUT2D eigenvalue weighted by Crippen LogP contribution is 2.33. The van der Waals surface area contributed by atoms with E-state index in [-0.39, 0.29) is 0 Å². The SMILES string of the molecule is COC(=O)c1nn(-c2ccccc2)nc1C1CCCCC1. The highest BCUT2D eigenvalue weighted by atomic mass is 16.5. The molecule has 0 amide bonds. The Morgan fingerprint density at radius 3 is 2.52 bits per heavy atom. The lowest BCUT2D eigenvalue weighted by molar-refractivity contribution is 0.0591. The number of nitrogens with zero attached hydrogens (tertiary/aromatic N) is 3. The zero-order valence-corrected chi connectivity index (χ0v) is 12.2. The lowest BCUT2D eigenvalue weighted by Crippen LogP contribution is -2.11. The average Bonchev–Trinajstić information content (AvgIpc) is 3.01. The maximum Gasteiger partial charge on any atom is 0.360 e. The molecule has 0 saturated heterocycles. The number of carbonyl (C=O) groups excluding carboxylic acids is 1. The van der Waals surface area contributed by atoms with Crippen molar-refractivity contribution >= 4 is 5.97 Å². The van der Waals surface area contributed by atoms with Crippen molar-refractivity contribution in [2.75, 3.05) is 7.11 Å². The van der Waals surface area contributed by atoms with Crippen molar-refractivity contribution < 1.29 is 9.53 Å². The maximum atomic E-state index is 12.0. The Morgan fingerprint density at radius 1 is 1.14 bits per heavy atom. The first-order chi connectivity index (χ1) is 10.3. The molecule has 1 aromatic heterocycles. The van der Waals surface area contributed by atoms with Crippen LogP contribution < -0.4 is 0 Å². The van der Waals surface area contributed by atoms with Gasteiger partial charge >= 0.3 is 5.97 Å². The van der Waals surface area contributed by atoms with E-state index in [9.17, 15) is 4.79 Å². The highest BCUT2D eigenvalue weighted by molar-refractivity contribution is 5.88. The third-order valence-electron chi connectivity index (χ3n) is 4.00. The number of esters is 1. The zero-order valence-electron chi connectivity index (χ0n) is 12.2. The molecule has 3 rings (SSSR count). The summed E-state index contributed by atoms with van der Waals surface area (Å²) in [6.45, 7) is 0. The van der Waals surface area contributed by atoms with Crippen molar-refractivity contribution in [1.29, 1.82) is 0 Å². The van der Waals surface area contributed by atoms with Gasteiger partial charge in [0.2, 0.25) is 0 Å². The van der Waals surface area contributed by atoms with E-state index < -0.39 is 5.97 Å².